The highest BCUT2D eigenvalue weighted by molar-refractivity contribution is 7.92. The Morgan fingerprint density at radius 1 is 1.27 bits per heavy atom. The topological polar surface area (TPSA) is 66.5 Å². The van der Waals surface area contributed by atoms with E-state index in [1.165, 1.54) is 0 Å². The van der Waals surface area contributed by atoms with Crippen molar-refractivity contribution in [2.45, 2.75) is 46.6 Å². The Hall–Kier alpha value is -1.56. The largest absolute Gasteiger partial charge is 0.350 e. The molecule has 124 valence electrons. The van der Waals surface area contributed by atoms with Crippen LogP contribution in [0.2, 0.25) is 0 Å². The van der Waals surface area contributed by atoms with Gasteiger partial charge in [-0.15, -0.1) is 0 Å². The Labute approximate surface area is 133 Å². The van der Waals surface area contributed by atoms with Gasteiger partial charge < -0.3 is 5.32 Å². The molecule has 5 nitrogen and oxygen atoms in total. The van der Waals surface area contributed by atoms with Crippen molar-refractivity contribution in [3.8, 4) is 0 Å². The number of hydrogen-bond donors (Lipinski definition) is 1. The first kappa shape index (κ1) is 18.5. The van der Waals surface area contributed by atoms with Gasteiger partial charge in [-0.3, -0.25) is 9.10 Å². The van der Waals surface area contributed by atoms with E-state index in [0.29, 0.717) is 5.69 Å². The SMILES string of the molecule is CCC(C)(C)NC(=O)CN(c1ccc(C)cc1C)S(C)(=O)=O. The number of rotatable bonds is 6. The molecule has 0 aromatic heterocycles. The number of nitrogens with one attached hydrogen (secondary N) is 1. The lowest BCUT2D eigenvalue weighted by Crippen LogP contribution is -2.48. The molecular weight excluding hydrogens is 300 g/mol. The quantitative estimate of drug-likeness (QED) is 0.873. The number of sulfonamides is 1. The lowest BCUT2D eigenvalue weighted by Gasteiger charge is -2.28. The molecule has 0 radical (unpaired) electrons. The van der Waals surface area contributed by atoms with Crippen molar-refractivity contribution < 1.29 is 13.2 Å². The molecule has 1 aromatic rings. The summed E-state index contributed by atoms with van der Waals surface area (Å²) in [5.74, 6) is -0.308. The van der Waals surface area contributed by atoms with Gasteiger partial charge in [-0.2, -0.15) is 0 Å². The van der Waals surface area contributed by atoms with Gasteiger partial charge >= 0.3 is 0 Å². The molecule has 0 fully saturated rings. The van der Waals surface area contributed by atoms with Gasteiger partial charge in [-0.25, -0.2) is 8.42 Å². The number of anilines is 1. The van der Waals surface area contributed by atoms with Crippen LogP contribution in [0.25, 0.3) is 0 Å². The molecule has 0 saturated heterocycles. The molecule has 0 bridgehead atoms. The maximum absolute atomic E-state index is 12.2. The third kappa shape index (κ3) is 5.02. The summed E-state index contributed by atoms with van der Waals surface area (Å²) in [6.45, 7) is 9.36. The summed E-state index contributed by atoms with van der Waals surface area (Å²) in [6, 6.07) is 5.49. The Balaban J connectivity index is 3.09. The normalized spacial score (nSPS) is 12.1. The molecular formula is C16H26N2O3S. The number of carbonyl (C=O) groups is 1. The highest BCUT2D eigenvalue weighted by Gasteiger charge is 2.25. The summed E-state index contributed by atoms with van der Waals surface area (Å²) >= 11 is 0. The van der Waals surface area contributed by atoms with Crippen LogP contribution >= 0.6 is 0 Å². The van der Waals surface area contributed by atoms with Crippen molar-refractivity contribution in [3.05, 3.63) is 29.3 Å². The average Bonchev–Trinajstić information content (AvgIpc) is 2.35. The summed E-state index contributed by atoms with van der Waals surface area (Å²) in [5, 5.41) is 2.86. The first-order valence-corrected chi connectivity index (χ1v) is 9.17. The molecule has 22 heavy (non-hydrogen) atoms. The number of amides is 1. The fourth-order valence-electron chi connectivity index (χ4n) is 2.10. The van der Waals surface area contributed by atoms with Gasteiger partial charge in [0, 0.05) is 5.54 Å². The van der Waals surface area contributed by atoms with E-state index in [4.69, 9.17) is 0 Å². The van der Waals surface area contributed by atoms with Crippen molar-refractivity contribution in [2.75, 3.05) is 17.1 Å². The van der Waals surface area contributed by atoms with Gasteiger partial charge in [0.05, 0.1) is 11.9 Å². The number of carbonyl (C=O) groups excluding carboxylic acids is 1. The molecule has 1 N–H and O–H groups in total. The van der Waals surface area contributed by atoms with Crippen LogP contribution < -0.4 is 9.62 Å². The highest BCUT2D eigenvalue weighted by Crippen LogP contribution is 2.23. The molecule has 0 spiro atoms. The molecule has 0 unspecified atom stereocenters. The molecule has 1 amide bonds. The van der Waals surface area contributed by atoms with Crippen molar-refractivity contribution in [3.63, 3.8) is 0 Å². The summed E-state index contributed by atoms with van der Waals surface area (Å²) in [7, 11) is -3.54. The van der Waals surface area contributed by atoms with E-state index >= 15 is 0 Å². The van der Waals surface area contributed by atoms with E-state index in [0.717, 1.165) is 28.1 Å². The minimum absolute atomic E-state index is 0.216. The minimum Gasteiger partial charge on any atom is -0.350 e. The zero-order valence-corrected chi connectivity index (χ0v) is 15.0. The number of nitrogens with zero attached hydrogens (tertiary/aromatic N) is 1. The van der Waals surface area contributed by atoms with Crippen molar-refractivity contribution in [1.82, 2.24) is 5.32 Å². The second-order valence-corrected chi connectivity index (χ2v) is 8.25. The van der Waals surface area contributed by atoms with E-state index in [1.54, 1.807) is 6.07 Å². The van der Waals surface area contributed by atoms with E-state index in [-0.39, 0.29) is 18.0 Å². The summed E-state index contributed by atoms with van der Waals surface area (Å²) in [4.78, 5) is 12.2. The predicted molar refractivity (Wildman–Crippen MR) is 90.6 cm³/mol. The second kappa shape index (κ2) is 6.69. The van der Waals surface area contributed by atoms with Crippen LogP contribution in [0.5, 0.6) is 0 Å². The van der Waals surface area contributed by atoms with Gasteiger partial charge in [0.15, 0.2) is 0 Å². The molecule has 0 heterocycles. The standard InChI is InChI=1S/C16H26N2O3S/c1-7-16(4,5)17-15(19)11-18(22(6,20)21)14-9-8-12(2)10-13(14)3/h8-10H,7,11H2,1-6H3,(H,17,19). The van der Waals surface area contributed by atoms with E-state index < -0.39 is 10.0 Å². The zero-order valence-electron chi connectivity index (χ0n) is 14.2. The van der Waals surface area contributed by atoms with E-state index in [1.807, 2.05) is 46.8 Å². The molecule has 0 aliphatic carbocycles. The lowest BCUT2D eigenvalue weighted by molar-refractivity contribution is -0.121. The molecule has 1 rings (SSSR count). The van der Waals surface area contributed by atoms with Crippen LogP contribution in [0.4, 0.5) is 5.69 Å². The average molecular weight is 326 g/mol. The molecule has 0 atom stereocenters. The smallest absolute Gasteiger partial charge is 0.241 e. The first-order valence-electron chi connectivity index (χ1n) is 7.32. The van der Waals surface area contributed by atoms with Crippen molar-refractivity contribution in [2.24, 2.45) is 0 Å². The van der Waals surface area contributed by atoms with Crippen LogP contribution in [-0.4, -0.2) is 32.7 Å². The molecule has 1 aromatic carbocycles. The summed E-state index contributed by atoms with van der Waals surface area (Å²) < 4.78 is 25.3. The molecule has 0 saturated carbocycles. The summed E-state index contributed by atoms with van der Waals surface area (Å²) in [5.41, 5.74) is 2.06. The third-order valence-electron chi connectivity index (χ3n) is 3.67. The van der Waals surface area contributed by atoms with Gasteiger partial charge in [0.1, 0.15) is 6.54 Å². The van der Waals surface area contributed by atoms with Crippen LogP contribution in [0, 0.1) is 13.8 Å². The minimum atomic E-state index is -3.54. The fraction of sp³-hybridized carbons (Fsp3) is 0.562. The second-order valence-electron chi connectivity index (χ2n) is 6.35. The Kier molecular flexibility index (Phi) is 5.62. The predicted octanol–water partition coefficient (Wildman–Crippen LogP) is 2.37. The van der Waals surface area contributed by atoms with Gasteiger partial charge in [0.2, 0.25) is 15.9 Å². The van der Waals surface area contributed by atoms with Crippen molar-refractivity contribution in [1.29, 1.82) is 0 Å². The maximum atomic E-state index is 12.2. The Bertz CT molecular complexity index is 651. The van der Waals surface area contributed by atoms with Crippen LogP contribution in [0.15, 0.2) is 18.2 Å². The maximum Gasteiger partial charge on any atom is 0.241 e. The number of benzene rings is 1. The van der Waals surface area contributed by atoms with Gasteiger partial charge in [-0.1, -0.05) is 24.6 Å². The highest BCUT2D eigenvalue weighted by atomic mass is 32.2. The Morgan fingerprint density at radius 2 is 1.86 bits per heavy atom. The van der Waals surface area contributed by atoms with Gasteiger partial charge in [-0.05, 0) is 45.7 Å². The molecule has 0 aliphatic rings. The fourth-order valence-corrected chi connectivity index (χ4v) is 3.02. The lowest BCUT2D eigenvalue weighted by atomic mass is 10.0. The van der Waals surface area contributed by atoms with Crippen LogP contribution in [0.1, 0.15) is 38.3 Å². The van der Waals surface area contributed by atoms with Crippen LogP contribution in [0.3, 0.4) is 0 Å². The van der Waals surface area contributed by atoms with E-state index in [2.05, 4.69) is 5.32 Å². The number of aryl methyl sites for hydroxylation is 2. The molecule has 0 aliphatic heterocycles. The van der Waals surface area contributed by atoms with Crippen LogP contribution in [-0.2, 0) is 14.8 Å². The third-order valence-corrected chi connectivity index (χ3v) is 4.80. The monoisotopic (exact) mass is 326 g/mol. The number of hydrogen-bond acceptors (Lipinski definition) is 3. The van der Waals surface area contributed by atoms with Gasteiger partial charge in [0.25, 0.3) is 0 Å². The zero-order chi connectivity index (χ0) is 17.1. The first-order chi connectivity index (χ1) is 9.96. The van der Waals surface area contributed by atoms with E-state index in [9.17, 15) is 13.2 Å². The summed E-state index contributed by atoms with van der Waals surface area (Å²) in [6.07, 6.45) is 1.88. The molecule has 6 heteroatoms. The van der Waals surface area contributed by atoms with Crippen molar-refractivity contribution >= 4 is 21.6 Å². The Morgan fingerprint density at radius 3 is 2.32 bits per heavy atom.